The first-order valence-corrected chi connectivity index (χ1v) is 6.06. The second-order valence-corrected chi connectivity index (χ2v) is 4.70. The van der Waals surface area contributed by atoms with Crippen LogP contribution < -0.4 is 5.56 Å². The monoisotopic (exact) mass is 279 g/mol. The number of rotatable bonds is 1. The standard InChI is InChI=1S/C12H10ClN3O3/c13-7-2-1-3-8(6-7)16-10-9(11(17)14-16)4-5-15(19)12(10)18/h1-3,6,19H,4-5H2,(H,14,17). The van der Waals surface area contributed by atoms with Crippen molar-refractivity contribution in [1.82, 2.24) is 14.8 Å². The van der Waals surface area contributed by atoms with Crippen molar-refractivity contribution in [3.63, 3.8) is 0 Å². The SMILES string of the molecule is O=C1c2c(c(=O)[nH]n2-c2cccc(Cl)c2)CCN1O. The first kappa shape index (κ1) is 12.0. The highest BCUT2D eigenvalue weighted by Gasteiger charge is 2.30. The lowest BCUT2D eigenvalue weighted by molar-refractivity contribution is -0.0608. The predicted octanol–water partition coefficient (Wildman–Crippen LogP) is 1.21. The normalized spacial score (nSPS) is 14.6. The summed E-state index contributed by atoms with van der Waals surface area (Å²) in [5.74, 6) is -0.598. The lowest BCUT2D eigenvalue weighted by Gasteiger charge is -2.20. The number of halogens is 1. The van der Waals surface area contributed by atoms with E-state index >= 15 is 0 Å². The number of nitrogens with one attached hydrogen (secondary N) is 1. The van der Waals surface area contributed by atoms with E-state index < -0.39 is 5.91 Å². The molecule has 0 atom stereocenters. The van der Waals surface area contributed by atoms with E-state index in [2.05, 4.69) is 5.10 Å². The molecule has 0 bridgehead atoms. The number of fused-ring (bicyclic) bond motifs is 1. The molecule has 6 nitrogen and oxygen atoms in total. The van der Waals surface area contributed by atoms with Crippen LogP contribution in [0.1, 0.15) is 16.1 Å². The van der Waals surface area contributed by atoms with Crippen LogP contribution in [-0.2, 0) is 6.42 Å². The molecule has 1 amide bonds. The van der Waals surface area contributed by atoms with E-state index in [1.807, 2.05) is 0 Å². The topological polar surface area (TPSA) is 78.3 Å². The van der Waals surface area contributed by atoms with E-state index in [-0.39, 0.29) is 17.8 Å². The Kier molecular flexibility index (Phi) is 2.69. The van der Waals surface area contributed by atoms with Crippen LogP contribution in [0, 0.1) is 0 Å². The summed E-state index contributed by atoms with van der Waals surface area (Å²) in [7, 11) is 0. The molecule has 98 valence electrons. The molecule has 0 radical (unpaired) electrons. The van der Waals surface area contributed by atoms with Crippen LogP contribution in [0.5, 0.6) is 0 Å². The van der Waals surface area contributed by atoms with Gasteiger partial charge in [-0.2, -0.15) is 0 Å². The van der Waals surface area contributed by atoms with E-state index in [1.54, 1.807) is 24.3 Å². The lowest BCUT2D eigenvalue weighted by Crippen LogP contribution is -2.36. The summed E-state index contributed by atoms with van der Waals surface area (Å²) in [5, 5.41) is 13.2. The van der Waals surface area contributed by atoms with Crippen molar-refractivity contribution in [3.05, 3.63) is 50.9 Å². The molecule has 3 rings (SSSR count). The Morgan fingerprint density at radius 2 is 2.11 bits per heavy atom. The van der Waals surface area contributed by atoms with Gasteiger partial charge in [-0.15, -0.1) is 0 Å². The molecule has 0 aliphatic carbocycles. The number of nitrogens with zero attached hydrogens (tertiary/aromatic N) is 2. The van der Waals surface area contributed by atoms with Crippen LogP contribution in [0.3, 0.4) is 0 Å². The quantitative estimate of drug-likeness (QED) is 0.770. The molecule has 1 aliphatic heterocycles. The van der Waals surface area contributed by atoms with Crippen LogP contribution in [0.15, 0.2) is 29.1 Å². The summed E-state index contributed by atoms with van der Waals surface area (Å²) in [6.45, 7) is 0.120. The average Bonchev–Trinajstić information content (AvgIpc) is 2.72. The van der Waals surface area contributed by atoms with Crippen LogP contribution in [0.4, 0.5) is 0 Å². The highest BCUT2D eigenvalue weighted by atomic mass is 35.5. The number of carbonyl (C=O) groups excluding carboxylic acids is 1. The zero-order chi connectivity index (χ0) is 13.6. The van der Waals surface area contributed by atoms with E-state index in [0.29, 0.717) is 27.8 Å². The van der Waals surface area contributed by atoms with Gasteiger partial charge in [0.2, 0.25) is 0 Å². The van der Waals surface area contributed by atoms with Crippen LogP contribution >= 0.6 is 11.6 Å². The summed E-state index contributed by atoms with van der Waals surface area (Å²) in [4.78, 5) is 23.8. The fraction of sp³-hybridized carbons (Fsp3) is 0.167. The number of aromatic amines is 1. The third kappa shape index (κ3) is 1.85. The molecule has 0 spiro atoms. The molecule has 0 saturated carbocycles. The number of H-pyrrole nitrogens is 1. The van der Waals surface area contributed by atoms with E-state index in [4.69, 9.17) is 11.6 Å². The summed E-state index contributed by atoms with van der Waals surface area (Å²) in [6, 6.07) is 6.75. The molecule has 2 heterocycles. The van der Waals surface area contributed by atoms with Crippen molar-refractivity contribution >= 4 is 17.5 Å². The number of benzene rings is 1. The zero-order valence-electron chi connectivity index (χ0n) is 9.76. The van der Waals surface area contributed by atoms with Crippen molar-refractivity contribution in [2.45, 2.75) is 6.42 Å². The Hall–Kier alpha value is -2.05. The molecule has 1 aromatic carbocycles. The fourth-order valence-electron chi connectivity index (χ4n) is 2.17. The first-order valence-electron chi connectivity index (χ1n) is 5.68. The van der Waals surface area contributed by atoms with Gasteiger partial charge in [-0.25, -0.2) is 9.75 Å². The van der Waals surface area contributed by atoms with Gasteiger partial charge in [-0.1, -0.05) is 17.7 Å². The van der Waals surface area contributed by atoms with Gasteiger partial charge in [-0.05, 0) is 18.2 Å². The molecule has 0 saturated heterocycles. The number of hydrogen-bond acceptors (Lipinski definition) is 3. The van der Waals surface area contributed by atoms with Crippen molar-refractivity contribution in [1.29, 1.82) is 0 Å². The van der Waals surface area contributed by atoms with Crippen LogP contribution in [0.2, 0.25) is 5.02 Å². The highest BCUT2D eigenvalue weighted by molar-refractivity contribution is 6.30. The Morgan fingerprint density at radius 1 is 1.32 bits per heavy atom. The molecule has 2 aromatic rings. The van der Waals surface area contributed by atoms with E-state index in [1.165, 1.54) is 4.68 Å². The molecule has 0 unspecified atom stereocenters. The Bertz CT molecular complexity index is 719. The van der Waals surface area contributed by atoms with Gasteiger partial charge >= 0.3 is 0 Å². The Balaban J connectivity index is 2.24. The maximum absolute atomic E-state index is 12.0. The largest absolute Gasteiger partial charge is 0.296 e. The van der Waals surface area contributed by atoms with E-state index in [0.717, 1.165) is 0 Å². The van der Waals surface area contributed by atoms with Gasteiger partial charge in [0.25, 0.3) is 11.5 Å². The molecule has 0 fully saturated rings. The molecule has 2 N–H and O–H groups in total. The number of aromatic nitrogens is 2. The molecule has 1 aliphatic rings. The number of carbonyl (C=O) groups is 1. The predicted molar refractivity (Wildman–Crippen MR) is 67.9 cm³/mol. The minimum absolute atomic E-state index is 0.120. The maximum Gasteiger partial charge on any atom is 0.296 e. The maximum atomic E-state index is 12.0. The minimum Gasteiger partial charge on any atom is -0.286 e. The summed E-state index contributed by atoms with van der Waals surface area (Å²) >= 11 is 5.90. The Labute approximate surface area is 112 Å². The zero-order valence-corrected chi connectivity index (χ0v) is 10.5. The second kappa shape index (κ2) is 4.25. The second-order valence-electron chi connectivity index (χ2n) is 4.26. The summed E-state index contributed by atoms with van der Waals surface area (Å²) in [6.07, 6.45) is 0.320. The lowest BCUT2D eigenvalue weighted by atomic mass is 10.1. The number of amides is 1. The van der Waals surface area contributed by atoms with Crippen LogP contribution in [-0.4, -0.2) is 32.5 Å². The Morgan fingerprint density at radius 3 is 2.84 bits per heavy atom. The van der Waals surface area contributed by atoms with Crippen LogP contribution in [0.25, 0.3) is 5.69 Å². The third-order valence-corrected chi connectivity index (χ3v) is 3.31. The van der Waals surface area contributed by atoms with Gasteiger partial charge in [-0.3, -0.25) is 19.9 Å². The van der Waals surface area contributed by atoms with Gasteiger partial charge in [0, 0.05) is 11.4 Å². The first-order chi connectivity index (χ1) is 9.08. The van der Waals surface area contributed by atoms with E-state index in [9.17, 15) is 14.8 Å². The molecule has 1 aromatic heterocycles. The number of hydroxylamine groups is 2. The van der Waals surface area contributed by atoms with Gasteiger partial charge in [0.15, 0.2) is 0 Å². The van der Waals surface area contributed by atoms with Crippen molar-refractivity contribution in [2.75, 3.05) is 6.54 Å². The smallest absolute Gasteiger partial charge is 0.286 e. The fourth-order valence-corrected chi connectivity index (χ4v) is 2.36. The third-order valence-electron chi connectivity index (χ3n) is 3.07. The average molecular weight is 280 g/mol. The molecule has 19 heavy (non-hydrogen) atoms. The van der Waals surface area contributed by atoms with Crippen molar-refractivity contribution < 1.29 is 10.0 Å². The minimum atomic E-state index is -0.598. The summed E-state index contributed by atoms with van der Waals surface area (Å²) in [5.41, 5.74) is 0.780. The molecular formula is C12H10ClN3O3. The highest BCUT2D eigenvalue weighted by Crippen LogP contribution is 2.20. The van der Waals surface area contributed by atoms with Gasteiger partial charge in [0.1, 0.15) is 5.69 Å². The molecular weight excluding hydrogens is 270 g/mol. The van der Waals surface area contributed by atoms with Crippen molar-refractivity contribution in [3.8, 4) is 5.69 Å². The van der Waals surface area contributed by atoms with Gasteiger partial charge in [0.05, 0.1) is 17.8 Å². The number of hydrogen-bond donors (Lipinski definition) is 2. The van der Waals surface area contributed by atoms with Crippen molar-refractivity contribution in [2.24, 2.45) is 0 Å². The van der Waals surface area contributed by atoms with Gasteiger partial charge < -0.3 is 0 Å². The molecule has 7 heteroatoms. The summed E-state index contributed by atoms with van der Waals surface area (Å²) < 4.78 is 1.36.